The third-order valence-electron chi connectivity index (χ3n) is 4.91. The molecule has 23 heavy (non-hydrogen) atoms. The van der Waals surface area contributed by atoms with E-state index in [9.17, 15) is 9.59 Å². The smallest absolute Gasteiger partial charge is 0.305 e. The molecule has 6 heteroatoms. The van der Waals surface area contributed by atoms with Gasteiger partial charge in [-0.15, -0.1) is 0 Å². The first kappa shape index (κ1) is 16.3. The summed E-state index contributed by atoms with van der Waals surface area (Å²) in [5, 5.41) is 9.72. The number of carbonyl (C=O) groups excluding carboxylic acids is 1. The van der Waals surface area contributed by atoms with Gasteiger partial charge in [-0.1, -0.05) is 30.2 Å². The molecule has 1 saturated heterocycles. The molecule has 124 valence electrons. The molecule has 1 aromatic rings. The molecule has 0 radical (unpaired) electrons. The third-order valence-corrected chi connectivity index (χ3v) is 5.16. The molecular weight excluding hydrogens is 318 g/mol. The third kappa shape index (κ3) is 3.08. The topological polar surface area (TPSA) is 66.8 Å². The maximum absolute atomic E-state index is 13.2. The van der Waals surface area contributed by atoms with Crippen LogP contribution in [-0.2, 0) is 19.7 Å². The highest BCUT2D eigenvalue weighted by atomic mass is 35.5. The van der Waals surface area contributed by atoms with E-state index in [1.807, 2.05) is 12.1 Å². The summed E-state index contributed by atoms with van der Waals surface area (Å²) in [7, 11) is 0. The van der Waals surface area contributed by atoms with E-state index in [1.165, 1.54) is 0 Å². The molecule has 0 spiro atoms. The quantitative estimate of drug-likeness (QED) is 0.916. The lowest BCUT2D eigenvalue weighted by Gasteiger charge is -2.47. The molecule has 0 aromatic heterocycles. The van der Waals surface area contributed by atoms with Gasteiger partial charge in [0.1, 0.15) is 0 Å². The van der Waals surface area contributed by atoms with Crippen LogP contribution < -0.4 is 0 Å². The van der Waals surface area contributed by atoms with Crippen molar-refractivity contribution in [3.63, 3.8) is 0 Å². The predicted molar refractivity (Wildman–Crippen MR) is 85.6 cm³/mol. The number of carbonyl (C=O) groups is 2. The fraction of sp³-hybridized carbons (Fsp3) is 0.529. The molecule has 1 aromatic carbocycles. The van der Waals surface area contributed by atoms with Gasteiger partial charge in [0.25, 0.3) is 0 Å². The van der Waals surface area contributed by atoms with Gasteiger partial charge >= 0.3 is 5.97 Å². The van der Waals surface area contributed by atoms with Gasteiger partial charge in [-0.05, 0) is 30.5 Å². The molecule has 1 aliphatic carbocycles. The molecule has 2 fully saturated rings. The molecule has 1 aliphatic heterocycles. The van der Waals surface area contributed by atoms with Gasteiger partial charge < -0.3 is 14.7 Å². The van der Waals surface area contributed by atoms with E-state index in [0.717, 1.165) is 24.8 Å². The molecule has 5 nitrogen and oxygen atoms in total. The van der Waals surface area contributed by atoms with E-state index in [-0.39, 0.29) is 18.9 Å². The Morgan fingerprint density at radius 1 is 1.30 bits per heavy atom. The van der Waals surface area contributed by atoms with Gasteiger partial charge in [0.2, 0.25) is 5.91 Å². The molecule has 1 atom stereocenters. The van der Waals surface area contributed by atoms with Crippen LogP contribution in [0, 0.1) is 0 Å². The van der Waals surface area contributed by atoms with Crippen molar-refractivity contribution in [2.24, 2.45) is 0 Å². The van der Waals surface area contributed by atoms with E-state index in [0.29, 0.717) is 18.2 Å². The predicted octanol–water partition coefficient (Wildman–Crippen LogP) is 2.46. The van der Waals surface area contributed by atoms with Crippen molar-refractivity contribution < 1.29 is 19.4 Å². The molecule has 1 N–H and O–H groups in total. The first-order valence-corrected chi connectivity index (χ1v) is 8.27. The van der Waals surface area contributed by atoms with Crippen LogP contribution in [0.5, 0.6) is 0 Å². The first-order chi connectivity index (χ1) is 11.0. The first-order valence-electron chi connectivity index (χ1n) is 7.89. The zero-order valence-corrected chi connectivity index (χ0v) is 13.6. The van der Waals surface area contributed by atoms with Gasteiger partial charge in [-0.3, -0.25) is 9.59 Å². The van der Waals surface area contributed by atoms with Crippen LogP contribution >= 0.6 is 11.6 Å². The van der Waals surface area contributed by atoms with Crippen LogP contribution in [0.3, 0.4) is 0 Å². The van der Waals surface area contributed by atoms with E-state index in [2.05, 4.69) is 0 Å². The Morgan fingerprint density at radius 2 is 2.00 bits per heavy atom. The Hall–Kier alpha value is -1.59. The van der Waals surface area contributed by atoms with Crippen molar-refractivity contribution in [3.05, 3.63) is 34.9 Å². The summed E-state index contributed by atoms with van der Waals surface area (Å²) in [6, 6.07) is 7.03. The van der Waals surface area contributed by atoms with Crippen molar-refractivity contribution in [2.45, 2.75) is 37.1 Å². The second kappa shape index (κ2) is 6.49. The van der Waals surface area contributed by atoms with Crippen molar-refractivity contribution in [1.29, 1.82) is 0 Å². The summed E-state index contributed by atoms with van der Waals surface area (Å²) < 4.78 is 5.37. The van der Waals surface area contributed by atoms with Crippen molar-refractivity contribution in [3.8, 4) is 0 Å². The summed E-state index contributed by atoms with van der Waals surface area (Å²) in [5.74, 6) is -0.881. The maximum Gasteiger partial charge on any atom is 0.305 e. The molecule has 1 amide bonds. The van der Waals surface area contributed by atoms with Crippen molar-refractivity contribution in [2.75, 3.05) is 19.8 Å². The Morgan fingerprint density at radius 3 is 2.57 bits per heavy atom. The van der Waals surface area contributed by atoms with Crippen LogP contribution in [0.4, 0.5) is 0 Å². The number of halogens is 1. The Bertz CT molecular complexity index is 597. The summed E-state index contributed by atoms with van der Waals surface area (Å²) in [4.78, 5) is 26.0. The number of ether oxygens (including phenoxy) is 1. The lowest BCUT2D eigenvalue weighted by atomic mass is 9.63. The highest BCUT2D eigenvalue weighted by Gasteiger charge is 2.49. The van der Waals surface area contributed by atoms with Crippen LogP contribution in [0.15, 0.2) is 24.3 Å². The standard InChI is InChI=1S/C17H20ClNO4/c18-13-4-2-12(3-5-13)17(6-1-7-17)16(22)19-8-9-23-11-14(19)10-15(20)21/h2-5,14H,1,6-11H2,(H,20,21). The minimum absolute atomic E-state index is 0.0284. The van der Waals surface area contributed by atoms with Gasteiger partial charge in [0.15, 0.2) is 0 Å². The number of carboxylic acid groups (broad SMARTS) is 1. The monoisotopic (exact) mass is 337 g/mol. The summed E-state index contributed by atoms with van der Waals surface area (Å²) >= 11 is 5.95. The SMILES string of the molecule is O=C(O)CC1COCCN1C(=O)C1(c2ccc(Cl)cc2)CCC1. The fourth-order valence-corrected chi connectivity index (χ4v) is 3.62. The van der Waals surface area contributed by atoms with Crippen LogP contribution in [0.25, 0.3) is 0 Å². The molecule has 2 aliphatic rings. The summed E-state index contributed by atoms with van der Waals surface area (Å²) in [6.45, 7) is 1.19. The van der Waals surface area contributed by atoms with E-state index in [4.69, 9.17) is 21.4 Å². The summed E-state index contributed by atoms with van der Waals surface area (Å²) in [6.07, 6.45) is 2.51. The number of benzene rings is 1. The fourth-order valence-electron chi connectivity index (χ4n) is 3.49. The average Bonchev–Trinajstić information content (AvgIpc) is 2.48. The Balaban J connectivity index is 1.86. The van der Waals surface area contributed by atoms with Crippen LogP contribution in [0.1, 0.15) is 31.2 Å². The number of nitrogens with zero attached hydrogens (tertiary/aromatic N) is 1. The highest BCUT2D eigenvalue weighted by Crippen LogP contribution is 2.46. The van der Waals surface area contributed by atoms with Crippen LogP contribution in [-0.4, -0.2) is 47.7 Å². The van der Waals surface area contributed by atoms with Crippen molar-refractivity contribution >= 4 is 23.5 Å². The molecule has 0 bridgehead atoms. The molecule has 1 saturated carbocycles. The molecule has 1 unspecified atom stereocenters. The molecular formula is C17H20ClNO4. The van der Waals surface area contributed by atoms with Crippen molar-refractivity contribution in [1.82, 2.24) is 4.90 Å². The Labute approximate surface area is 140 Å². The van der Waals surface area contributed by atoms with Gasteiger partial charge in [-0.25, -0.2) is 0 Å². The second-order valence-electron chi connectivity index (χ2n) is 6.27. The zero-order valence-electron chi connectivity index (χ0n) is 12.8. The highest BCUT2D eigenvalue weighted by molar-refractivity contribution is 6.30. The minimum Gasteiger partial charge on any atom is -0.481 e. The maximum atomic E-state index is 13.2. The van der Waals surface area contributed by atoms with E-state index >= 15 is 0 Å². The van der Waals surface area contributed by atoms with Crippen LogP contribution in [0.2, 0.25) is 5.02 Å². The number of hydrogen-bond donors (Lipinski definition) is 1. The van der Waals surface area contributed by atoms with E-state index < -0.39 is 17.4 Å². The van der Waals surface area contributed by atoms with Gasteiger partial charge in [0.05, 0.1) is 31.1 Å². The lowest BCUT2D eigenvalue weighted by molar-refractivity contribution is -0.153. The second-order valence-corrected chi connectivity index (χ2v) is 6.70. The largest absolute Gasteiger partial charge is 0.481 e. The average molecular weight is 338 g/mol. The number of amides is 1. The molecule has 1 heterocycles. The van der Waals surface area contributed by atoms with Gasteiger partial charge in [0, 0.05) is 11.6 Å². The Kier molecular flexibility index (Phi) is 4.60. The van der Waals surface area contributed by atoms with Gasteiger partial charge in [-0.2, -0.15) is 0 Å². The minimum atomic E-state index is -0.910. The number of morpholine rings is 1. The number of hydrogen-bond acceptors (Lipinski definition) is 3. The lowest BCUT2D eigenvalue weighted by Crippen LogP contribution is -2.58. The number of carboxylic acids is 1. The number of rotatable bonds is 4. The normalized spacial score (nSPS) is 23.2. The molecule has 3 rings (SSSR count). The van der Waals surface area contributed by atoms with E-state index in [1.54, 1.807) is 17.0 Å². The number of aliphatic carboxylic acids is 1. The zero-order chi connectivity index (χ0) is 16.4. The summed E-state index contributed by atoms with van der Waals surface area (Å²) in [5.41, 5.74) is 0.442.